The molecule has 1 aliphatic rings. The van der Waals surface area contributed by atoms with Crippen LogP contribution in [-0.4, -0.2) is 32.0 Å². The molecule has 1 saturated heterocycles. The first kappa shape index (κ1) is 12.4. The van der Waals surface area contributed by atoms with Gasteiger partial charge in [0.05, 0.1) is 11.3 Å². The quantitative estimate of drug-likeness (QED) is 0.604. The molecule has 0 saturated carbocycles. The fourth-order valence-electron chi connectivity index (χ4n) is 1.38. The van der Waals surface area contributed by atoms with Crippen molar-refractivity contribution in [2.24, 2.45) is 0 Å². The first-order valence-corrected chi connectivity index (χ1v) is 7.95. The molecule has 7 heteroatoms. The molecule has 0 radical (unpaired) electrons. The van der Waals surface area contributed by atoms with Crippen LogP contribution >= 0.6 is 10.8 Å². The predicted octanol–water partition coefficient (Wildman–Crippen LogP) is 1.43. The van der Waals surface area contributed by atoms with E-state index < -0.39 is 26.8 Å². The molecule has 1 atom stereocenters. The Morgan fingerprint density at radius 3 is 2.53 bits per heavy atom. The average molecular weight is 276 g/mol. The third-order valence-electron chi connectivity index (χ3n) is 2.18. The van der Waals surface area contributed by atoms with Gasteiger partial charge >= 0.3 is 5.97 Å². The summed E-state index contributed by atoms with van der Waals surface area (Å²) in [6, 6.07) is 4.90. The fraction of sp³-hybridized carbons (Fsp3) is 0.300. The smallest absolute Gasteiger partial charge is 0.338 e. The van der Waals surface area contributed by atoms with Crippen molar-refractivity contribution in [1.29, 1.82) is 0 Å². The zero-order valence-corrected chi connectivity index (χ0v) is 10.3. The number of carbonyl (C=O) groups is 1. The lowest BCUT2D eigenvalue weighted by Crippen LogP contribution is -2.21. The molecular formula is C10H9FO4S2. The predicted molar refractivity (Wildman–Crippen MR) is 61.8 cm³/mol. The van der Waals surface area contributed by atoms with Gasteiger partial charge in [-0.2, -0.15) is 0 Å². The fourth-order valence-corrected chi connectivity index (χ4v) is 4.63. The highest BCUT2D eigenvalue weighted by molar-refractivity contribution is 8.72. The Labute approximate surface area is 101 Å². The minimum atomic E-state index is -3.15. The standard InChI is InChI=1S/C10H9FO4S2/c11-8-3-1-7(2-4-8)10(12)15-9-5-16-17(13,14)6-9/h1-4,9H,5-6H2. The maximum Gasteiger partial charge on any atom is 0.338 e. The molecule has 0 N–H and O–H groups in total. The van der Waals surface area contributed by atoms with E-state index in [4.69, 9.17) is 4.74 Å². The van der Waals surface area contributed by atoms with Crippen molar-refractivity contribution >= 4 is 25.6 Å². The van der Waals surface area contributed by atoms with Crippen LogP contribution in [0.4, 0.5) is 4.39 Å². The van der Waals surface area contributed by atoms with Gasteiger partial charge in [-0.05, 0) is 35.1 Å². The number of halogens is 1. The summed E-state index contributed by atoms with van der Waals surface area (Å²) in [4.78, 5) is 11.6. The average Bonchev–Trinajstić information content (AvgIpc) is 2.59. The van der Waals surface area contributed by atoms with Crippen molar-refractivity contribution in [1.82, 2.24) is 0 Å². The Balaban J connectivity index is 2.01. The number of hydrogen-bond acceptors (Lipinski definition) is 5. The molecule has 1 aliphatic heterocycles. The van der Waals surface area contributed by atoms with Crippen LogP contribution in [0.15, 0.2) is 24.3 Å². The molecule has 1 aromatic rings. The van der Waals surface area contributed by atoms with Crippen LogP contribution in [0.5, 0.6) is 0 Å². The molecule has 0 amide bonds. The van der Waals surface area contributed by atoms with Crippen LogP contribution in [0.2, 0.25) is 0 Å². The van der Waals surface area contributed by atoms with Crippen molar-refractivity contribution in [3.63, 3.8) is 0 Å². The molecule has 1 heterocycles. The topological polar surface area (TPSA) is 60.4 Å². The molecule has 2 rings (SSSR count). The van der Waals surface area contributed by atoms with Gasteiger partial charge in [-0.3, -0.25) is 0 Å². The Morgan fingerprint density at radius 2 is 2.00 bits per heavy atom. The summed E-state index contributed by atoms with van der Waals surface area (Å²) in [6.45, 7) is 0. The van der Waals surface area contributed by atoms with Crippen LogP contribution in [0.3, 0.4) is 0 Å². The lowest BCUT2D eigenvalue weighted by molar-refractivity contribution is 0.0396. The van der Waals surface area contributed by atoms with Gasteiger partial charge in [-0.15, -0.1) is 0 Å². The van der Waals surface area contributed by atoms with Crippen molar-refractivity contribution < 1.29 is 22.3 Å². The van der Waals surface area contributed by atoms with Crippen molar-refractivity contribution in [3.05, 3.63) is 35.6 Å². The van der Waals surface area contributed by atoms with Gasteiger partial charge in [0.1, 0.15) is 11.9 Å². The number of carbonyl (C=O) groups excluding carboxylic acids is 1. The largest absolute Gasteiger partial charge is 0.457 e. The van der Waals surface area contributed by atoms with Gasteiger partial charge in [0.2, 0.25) is 8.87 Å². The number of benzene rings is 1. The van der Waals surface area contributed by atoms with E-state index in [1.807, 2.05) is 0 Å². The second-order valence-corrected chi connectivity index (χ2v) is 7.79. The Hall–Kier alpha value is -1.08. The molecule has 92 valence electrons. The maximum absolute atomic E-state index is 12.6. The molecule has 4 nitrogen and oxygen atoms in total. The molecule has 17 heavy (non-hydrogen) atoms. The van der Waals surface area contributed by atoms with Crippen molar-refractivity contribution in [3.8, 4) is 0 Å². The number of rotatable bonds is 2. The minimum Gasteiger partial charge on any atom is -0.457 e. The van der Waals surface area contributed by atoms with E-state index in [-0.39, 0.29) is 17.1 Å². The molecule has 0 aromatic heterocycles. The van der Waals surface area contributed by atoms with Crippen molar-refractivity contribution in [2.75, 3.05) is 11.5 Å². The molecular weight excluding hydrogens is 267 g/mol. The van der Waals surface area contributed by atoms with Gasteiger partial charge in [0, 0.05) is 5.75 Å². The normalized spacial score (nSPS) is 22.3. The molecule has 1 unspecified atom stereocenters. The summed E-state index contributed by atoms with van der Waals surface area (Å²) in [6.07, 6.45) is -0.623. The van der Waals surface area contributed by atoms with Gasteiger partial charge < -0.3 is 4.74 Å². The highest BCUT2D eigenvalue weighted by atomic mass is 33.1. The van der Waals surface area contributed by atoms with E-state index in [1.54, 1.807) is 0 Å². The van der Waals surface area contributed by atoms with Crippen LogP contribution in [0.1, 0.15) is 10.4 Å². The third-order valence-corrected chi connectivity index (χ3v) is 5.72. The summed E-state index contributed by atoms with van der Waals surface area (Å²) in [5.74, 6) is -0.992. The Morgan fingerprint density at radius 1 is 1.35 bits per heavy atom. The lowest BCUT2D eigenvalue weighted by atomic mass is 10.2. The second kappa shape index (κ2) is 4.66. The molecule has 0 bridgehead atoms. The zero-order valence-electron chi connectivity index (χ0n) is 8.63. The van der Waals surface area contributed by atoms with Gasteiger partial charge in [-0.1, -0.05) is 0 Å². The number of esters is 1. The summed E-state index contributed by atoms with van der Waals surface area (Å²) >= 11 is 0. The second-order valence-electron chi connectivity index (χ2n) is 3.54. The van der Waals surface area contributed by atoms with E-state index in [9.17, 15) is 17.6 Å². The summed E-state index contributed by atoms with van der Waals surface area (Å²) in [5, 5.41) is 0. The number of hydrogen-bond donors (Lipinski definition) is 0. The number of ether oxygens (including phenoxy) is 1. The highest BCUT2D eigenvalue weighted by Gasteiger charge is 2.31. The summed E-state index contributed by atoms with van der Waals surface area (Å²) in [5.41, 5.74) is 0.209. The Kier molecular flexibility index (Phi) is 3.39. The van der Waals surface area contributed by atoms with Crippen molar-refractivity contribution in [2.45, 2.75) is 6.10 Å². The lowest BCUT2D eigenvalue weighted by Gasteiger charge is -2.09. The van der Waals surface area contributed by atoms with E-state index in [2.05, 4.69) is 0 Å². The summed E-state index contributed by atoms with van der Waals surface area (Å²) < 4.78 is 39.9. The van der Waals surface area contributed by atoms with E-state index in [0.717, 1.165) is 22.9 Å². The highest BCUT2D eigenvalue weighted by Crippen LogP contribution is 2.26. The van der Waals surface area contributed by atoms with Gasteiger partial charge in [0.15, 0.2) is 0 Å². The van der Waals surface area contributed by atoms with Gasteiger partial charge in [-0.25, -0.2) is 17.6 Å². The first-order valence-electron chi connectivity index (χ1n) is 4.80. The molecule has 1 fully saturated rings. The third kappa shape index (κ3) is 3.19. The monoisotopic (exact) mass is 276 g/mol. The molecule has 0 aliphatic carbocycles. The van der Waals surface area contributed by atoms with Crippen LogP contribution < -0.4 is 0 Å². The van der Waals surface area contributed by atoms with Gasteiger partial charge in [0.25, 0.3) is 0 Å². The zero-order chi connectivity index (χ0) is 12.5. The molecule has 0 spiro atoms. The van der Waals surface area contributed by atoms with Crippen LogP contribution in [-0.2, 0) is 13.6 Å². The first-order chi connectivity index (χ1) is 7.96. The van der Waals surface area contributed by atoms with Crippen LogP contribution in [0, 0.1) is 5.82 Å². The maximum atomic E-state index is 12.6. The van der Waals surface area contributed by atoms with E-state index >= 15 is 0 Å². The molecule has 1 aromatic carbocycles. The SMILES string of the molecule is O=C(OC1CSS(=O)(=O)C1)c1ccc(F)cc1. The van der Waals surface area contributed by atoms with E-state index in [1.165, 1.54) is 12.1 Å². The Bertz CT molecular complexity index is 524. The van der Waals surface area contributed by atoms with Crippen LogP contribution in [0.25, 0.3) is 0 Å². The summed E-state index contributed by atoms with van der Waals surface area (Å²) in [7, 11) is -2.37. The minimum absolute atomic E-state index is 0.162. The van der Waals surface area contributed by atoms with E-state index in [0.29, 0.717) is 0 Å².